The highest BCUT2D eigenvalue weighted by atomic mass is 35.5. The third-order valence-electron chi connectivity index (χ3n) is 3.31. The van der Waals surface area contributed by atoms with Crippen LogP contribution in [0.4, 0.5) is 0 Å². The Hall–Kier alpha value is -0.570. The molecule has 0 spiro atoms. The van der Waals surface area contributed by atoms with Gasteiger partial charge in [-0.2, -0.15) is 4.57 Å². The molecule has 1 aliphatic carbocycles. The van der Waals surface area contributed by atoms with Gasteiger partial charge in [0, 0.05) is 11.6 Å². The third-order valence-corrected chi connectivity index (χ3v) is 4.53. The number of pyridine rings is 1. The van der Waals surface area contributed by atoms with Crippen molar-refractivity contribution in [3.63, 3.8) is 0 Å². The van der Waals surface area contributed by atoms with E-state index in [0.717, 1.165) is 10.9 Å². The molecule has 1 nitrogen and oxygen atoms in total. The van der Waals surface area contributed by atoms with Crippen LogP contribution >= 0.6 is 22.9 Å². The van der Waals surface area contributed by atoms with E-state index >= 15 is 0 Å². The molecule has 1 aliphatic rings. The molecule has 3 rings (SSSR count). The number of rotatable bonds is 2. The summed E-state index contributed by atoms with van der Waals surface area (Å²) in [5.41, 5.74) is 3.07. The van der Waals surface area contributed by atoms with E-state index in [1.807, 2.05) is 6.07 Å². The molecular formula is C14H15Cl2NS. The van der Waals surface area contributed by atoms with Crippen molar-refractivity contribution >= 4 is 22.9 Å². The van der Waals surface area contributed by atoms with Crippen LogP contribution < -0.4 is 17.0 Å². The number of halogens is 2. The predicted octanol–water partition coefficient (Wildman–Crippen LogP) is 0.620. The molecule has 0 saturated heterocycles. The number of fused-ring (bicyclic) bond motifs is 1. The molecule has 0 atom stereocenters. The number of hydrogen-bond donors (Lipinski definition) is 0. The Morgan fingerprint density at radius 3 is 2.61 bits per heavy atom. The summed E-state index contributed by atoms with van der Waals surface area (Å²) in [4.78, 5) is 1.32. The van der Waals surface area contributed by atoms with Crippen LogP contribution in [0.25, 0.3) is 0 Å². The number of aromatic nitrogens is 1. The summed E-state index contributed by atoms with van der Waals surface area (Å²) in [5.74, 6) is 0. The summed E-state index contributed by atoms with van der Waals surface area (Å²) < 4.78 is 3.14. The van der Waals surface area contributed by atoms with Crippen LogP contribution in [0.3, 0.4) is 0 Å². The van der Waals surface area contributed by atoms with E-state index in [1.54, 1.807) is 11.3 Å². The van der Waals surface area contributed by atoms with Crippen molar-refractivity contribution in [1.82, 2.24) is 0 Å². The molecule has 0 saturated carbocycles. The lowest BCUT2D eigenvalue weighted by Gasteiger charge is -2.13. The highest BCUT2D eigenvalue weighted by Crippen LogP contribution is 2.22. The highest BCUT2D eigenvalue weighted by molar-refractivity contribution is 7.16. The van der Waals surface area contributed by atoms with Gasteiger partial charge < -0.3 is 12.4 Å². The summed E-state index contributed by atoms with van der Waals surface area (Å²) in [5, 5.41) is 0. The average molecular weight is 300 g/mol. The molecule has 0 N–H and O–H groups in total. The molecule has 0 radical (unpaired) electrons. The van der Waals surface area contributed by atoms with Crippen molar-refractivity contribution in [1.29, 1.82) is 0 Å². The molecule has 0 aliphatic heterocycles. The van der Waals surface area contributed by atoms with Gasteiger partial charge in [0.1, 0.15) is 0 Å². The minimum Gasteiger partial charge on any atom is -1.00 e. The SMILES string of the molecule is Clc1ccc(C[n+]2ccc3c(c2)CCCC3)s1.[Cl-]. The van der Waals surface area contributed by atoms with Crippen LogP contribution in [0.5, 0.6) is 0 Å². The number of aryl methyl sites for hydroxylation is 2. The average Bonchev–Trinajstić information content (AvgIpc) is 2.75. The van der Waals surface area contributed by atoms with Gasteiger partial charge in [-0.25, -0.2) is 0 Å². The zero-order valence-corrected chi connectivity index (χ0v) is 12.4. The second-order valence-electron chi connectivity index (χ2n) is 4.58. The van der Waals surface area contributed by atoms with Crippen LogP contribution in [-0.4, -0.2) is 0 Å². The molecule has 2 aromatic rings. The van der Waals surface area contributed by atoms with Crippen molar-refractivity contribution < 1.29 is 17.0 Å². The van der Waals surface area contributed by atoms with Gasteiger partial charge in [0.25, 0.3) is 0 Å². The third kappa shape index (κ3) is 3.05. The topological polar surface area (TPSA) is 3.88 Å². The molecule has 0 aromatic carbocycles. The van der Waals surface area contributed by atoms with Gasteiger partial charge in [0.05, 0.1) is 9.21 Å². The largest absolute Gasteiger partial charge is 1.00 e. The van der Waals surface area contributed by atoms with Crippen molar-refractivity contribution in [3.8, 4) is 0 Å². The van der Waals surface area contributed by atoms with E-state index in [-0.39, 0.29) is 12.4 Å². The first-order valence-electron chi connectivity index (χ1n) is 6.06. The maximum absolute atomic E-state index is 5.95. The van der Waals surface area contributed by atoms with E-state index in [0.29, 0.717) is 0 Å². The quantitative estimate of drug-likeness (QED) is 0.716. The molecular weight excluding hydrogens is 285 g/mol. The summed E-state index contributed by atoms with van der Waals surface area (Å²) in [6.07, 6.45) is 9.67. The molecule has 2 heterocycles. The van der Waals surface area contributed by atoms with Gasteiger partial charge in [-0.3, -0.25) is 0 Å². The van der Waals surface area contributed by atoms with Crippen LogP contribution in [0.2, 0.25) is 4.34 Å². The fraction of sp³-hybridized carbons (Fsp3) is 0.357. The van der Waals surface area contributed by atoms with Crippen molar-refractivity contribution in [3.05, 3.63) is 50.9 Å². The Morgan fingerprint density at radius 1 is 1.11 bits per heavy atom. The molecule has 0 unspecified atom stereocenters. The number of hydrogen-bond acceptors (Lipinski definition) is 1. The molecule has 18 heavy (non-hydrogen) atoms. The van der Waals surface area contributed by atoms with Gasteiger partial charge in [-0.15, -0.1) is 11.3 Å². The monoisotopic (exact) mass is 299 g/mol. The minimum atomic E-state index is 0. The Labute approximate surface area is 123 Å². The molecule has 0 bridgehead atoms. The van der Waals surface area contributed by atoms with Crippen LogP contribution in [0.1, 0.15) is 28.8 Å². The van der Waals surface area contributed by atoms with Crippen LogP contribution in [0.15, 0.2) is 30.6 Å². The summed E-state index contributed by atoms with van der Waals surface area (Å²) >= 11 is 7.62. The first-order chi connectivity index (χ1) is 8.31. The zero-order valence-electron chi connectivity index (χ0n) is 10.0. The lowest BCUT2D eigenvalue weighted by atomic mass is 9.93. The summed E-state index contributed by atoms with van der Waals surface area (Å²) in [6.45, 7) is 0.935. The fourth-order valence-electron chi connectivity index (χ4n) is 2.43. The Kier molecular flexibility index (Phi) is 4.66. The first-order valence-corrected chi connectivity index (χ1v) is 7.26. The van der Waals surface area contributed by atoms with Gasteiger partial charge in [-0.05, 0) is 43.4 Å². The summed E-state index contributed by atoms with van der Waals surface area (Å²) in [6, 6.07) is 6.36. The standard InChI is InChI=1S/C14H15ClNS.ClH/c15-14-6-5-13(17-14)10-16-8-7-11-3-1-2-4-12(11)9-16;/h5-9H,1-4,10H2;1H/q+1;/p-1. The highest BCUT2D eigenvalue weighted by Gasteiger charge is 2.14. The second kappa shape index (κ2) is 6.05. The van der Waals surface area contributed by atoms with Gasteiger partial charge in [-0.1, -0.05) is 11.6 Å². The Morgan fingerprint density at radius 2 is 1.89 bits per heavy atom. The van der Waals surface area contributed by atoms with Gasteiger partial charge in [0.15, 0.2) is 18.9 Å². The Balaban J connectivity index is 0.00000120. The lowest BCUT2D eigenvalue weighted by molar-refractivity contribution is -0.688. The lowest BCUT2D eigenvalue weighted by Crippen LogP contribution is -3.00. The smallest absolute Gasteiger partial charge is 0.182 e. The van der Waals surface area contributed by atoms with E-state index in [4.69, 9.17) is 11.6 Å². The fourth-order valence-corrected chi connectivity index (χ4v) is 3.53. The van der Waals surface area contributed by atoms with E-state index < -0.39 is 0 Å². The molecule has 0 fully saturated rings. The molecule has 4 heteroatoms. The molecule has 0 amide bonds. The Bertz CT molecular complexity index is 536. The van der Waals surface area contributed by atoms with Crippen molar-refractivity contribution in [2.45, 2.75) is 32.2 Å². The number of thiophene rings is 1. The first kappa shape index (κ1) is 13.9. The summed E-state index contributed by atoms with van der Waals surface area (Å²) in [7, 11) is 0. The number of nitrogens with zero attached hydrogens (tertiary/aromatic N) is 1. The van der Waals surface area contributed by atoms with Gasteiger partial charge >= 0.3 is 0 Å². The van der Waals surface area contributed by atoms with Gasteiger partial charge in [0.2, 0.25) is 0 Å². The van der Waals surface area contributed by atoms with E-state index in [9.17, 15) is 0 Å². The normalized spacial score (nSPS) is 13.8. The molecule has 96 valence electrons. The minimum absolute atomic E-state index is 0. The molecule has 2 aromatic heterocycles. The predicted molar refractivity (Wildman–Crippen MR) is 71.7 cm³/mol. The second-order valence-corrected chi connectivity index (χ2v) is 6.38. The van der Waals surface area contributed by atoms with Crippen LogP contribution in [-0.2, 0) is 19.4 Å². The van der Waals surface area contributed by atoms with E-state index in [2.05, 4.69) is 29.1 Å². The maximum Gasteiger partial charge on any atom is 0.182 e. The maximum atomic E-state index is 5.95. The van der Waals surface area contributed by atoms with Crippen LogP contribution in [0, 0.1) is 0 Å². The van der Waals surface area contributed by atoms with Crippen molar-refractivity contribution in [2.75, 3.05) is 0 Å². The zero-order chi connectivity index (χ0) is 11.7. The van der Waals surface area contributed by atoms with Crippen molar-refractivity contribution in [2.24, 2.45) is 0 Å². The van der Waals surface area contributed by atoms with E-state index in [1.165, 1.54) is 41.7 Å².